The van der Waals surface area contributed by atoms with Crippen LogP contribution in [0.25, 0.3) is 0 Å². The van der Waals surface area contributed by atoms with Crippen LogP contribution in [-0.4, -0.2) is 60.1 Å². The minimum absolute atomic E-state index is 0.775. The van der Waals surface area contributed by atoms with E-state index in [1.807, 2.05) is 6.20 Å². The maximum absolute atomic E-state index is 4.37. The zero-order valence-electron chi connectivity index (χ0n) is 10.1. The Morgan fingerprint density at radius 3 is 3.00 bits per heavy atom. The second-order valence-electron chi connectivity index (χ2n) is 4.89. The molecule has 0 aromatic carbocycles. The van der Waals surface area contributed by atoms with E-state index < -0.39 is 0 Å². The Bertz CT molecular complexity index is 334. The molecule has 2 aliphatic rings. The van der Waals surface area contributed by atoms with Gasteiger partial charge >= 0.3 is 0 Å². The van der Waals surface area contributed by atoms with Crippen LogP contribution in [0.3, 0.4) is 0 Å². The highest BCUT2D eigenvalue weighted by molar-refractivity contribution is 7.09. The van der Waals surface area contributed by atoms with Crippen LogP contribution in [0, 0.1) is 0 Å². The van der Waals surface area contributed by atoms with Crippen LogP contribution in [0.1, 0.15) is 11.4 Å². The maximum atomic E-state index is 4.37. The third-order valence-electron chi connectivity index (χ3n) is 3.76. The molecule has 4 nitrogen and oxygen atoms in total. The Hall–Kier alpha value is -0.490. The standard InChI is InChI=1S/C12H20N4S/c1-5-15(10-12-14-4-8-17-12)9-11(1)16-6-2-13-3-7-16/h4,8,11,13H,1-3,5-7,9-10H2. The van der Waals surface area contributed by atoms with Crippen molar-refractivity contribution < 1.29 is 0 Å². The predicted molar refractivity (Wildman–Crippen MR) is 70.2 cm³/mol. The molecular weight excluding hydrogens is 232 g/mol. The lowest BCUT2D eigenvalue weighted by molar-refractivity contribution is 0.170. The first-order chi connectivity index (χ1) is 8.42. The monoisotopic (exact) mass is 252 g/mol. The molecule has 2 fully saturated rings. The Balaban J connectivity index is 1.51. The van der Waals surface area contributed by atoms with Gasteiger partial charge in [0.25, 0.3) is 0 Å². The van der Waals surface area contributed by atoms with Gasteiger partial charge in [0.2, 0.25) is 0 Å². The van der Waals surface area contributed by atoms with Crippen molar-refractivity contribution in [3.63, 3.8) is 0 Å². The molecule has 1 aromatic heterocycles. The molecule has 0 aliphatic carbocycles. The fourth-order valence-electron chi connectivity index (χ4n) is 2.82. The SMILES string of the molecule is c1csc(CN2CCC(N3CCNCC3)C2)n1. The van der Waals surface area contributed by atoms with Crippen molar-refractivity contribution in [1.82, 2.24) is 20.1 Å². The molecule has 1 N–H and O–H groups in total. The summed E-state index contributed by atoms with van der Waals surface area (Å²) in [6.45, 7) is 8.24. The van der Waals surface area contributed by atoms with Crippen LogP contribution in [0.2, 0.25) is 0 Å². The number of hydrogen-bond acceptors (Lipinski definition) is 5. The van der Waals surface area contributed by atoms with Gasteiger partial charge in [-0.25, -0.2) is 4.98 Å². The maximum Gasteiger partial charge on any atom is 0.107 e. The topological polar surface area (TPSA) is 31.4 Å². The van der Waals surface area contributed by atoms with Gasteiger partial charge in [0.05, 0.1) is 6.54 Å². The molecule has 0 spiro atoms. The van der Waals surface area contributed by atoms with Gasteiger partial charge in [0.15, 0.2) is 0 Å². The van der Waals surface area contributed by atoms with Crippen LogP contribution in [0.4, 0.5) is 0 Å². The molecule has 5 heteroatoms. The highest BCUT2D eigenvalue weighted by Crippen LogP contribution is 2.19. The van der Waals surface area contributed by atoms with Gasteiger partial charge in [0.1, 0.15) is 5.01 Å². The van der Waals surface area contributed by atoms with Gasteiger partial charge in [-0.05, 0) is 6.42 Å². The Kier molecular flexibility index (Phi) is 3.71. The lowest BCUT2D eigenvalue weighted by Crippen LogP contribution is -2.49. The molecule has 3 heterocycles. The van der Waals surface area contributed by atoms with Crippen molar-refractivity contribution in [2.75, 3.05) is 39.3 Å². The lowest BCUT2D eigenvalue weighted by atomic mass is 10.2. The summed E-state index contributed by atoms with van der Waals surface area (Å²) >= 11 is 1.77. The summed E-state index contributed by atoms with van der Waals surface area (Å²) in [4.78, 5) is 9.57. The minimum atomic E-state index is 0.775. The highest BCUT2D eigenvalue weighted by atomic mass is 32.1. The third-order valence-corrected chi connectivity index (χ3v) is 4.52. The van der Waals surface area contributed by atoms with E-state index >= 15 is 0 Å². The van der Waals surface area contributed by atoms with Crippen molar-refractivity contribution in [3.8, 4) is 0 Å². The minimum Gasteiger partial charge on any atom is -0.314 e. The van der Waals surface area contributed by atoms with E-state index in [-0.39, 0.29) is 0 Å². The molecule has 0 radical (unpaired) electrons. The Morgan fingerprint density at radius 2 is 2.24 bits per heavy atom. The van der Waals surface area contributed by atoms with Gasteiger partial charge in [-0.2, -0.15) is 0 Å². The largest absolute Gasteiger partial charge is 0.314 e. The molecule has 1 aromatic rings. The van der Waals surface area contributed by atoms with Gasteiger partial charge in [0, 0.05) is 56.9 Å². The highest BCUT2D eigenvalue weighted by Gasteiger charge is 2.28. The summed E-state index contributed by atoms with van der Waals surface area (Å²) in [5.74, 6) is 0. The fraction of sp³-hybridized carbons (Fsp3) is 0.750. The normalized spacial score (nSPS) is 27.6. The molecule has 3 rings (SSSR count). The number of aromatic nitrogens is 1. The quantitative estimate of drug-likeness (QED) is 0.855. The van der Waals surface area contributed by atoms with E-state index in [9.17, 15) is 0 Å². The van der Waals surface area contributed by atoms with Crippen LogP contribution >= 0.6 is 11.3 Å². The number of nitrogens with zero attached hydrogens (tertiary/aromatic N) is 3. The smallest absolute Gasteiger partial charge is 0.107 e. The van der Waals surface area contributed by atoms with E-state index in [1.165, 1.54) is 37.6 Å². The number of hydrogen-bond donors (Lipinski definition) is 1. The van der Waals surface area contributed by atoms with Crippen molar-refractivity contribution in [2.45, 2.75) is 19.0 Å². The third kappa shape index (κ3) is 2.85. The zero-order valence-corrected chi connectivity index (χ0v) is 11.0. The van der Waals surface area contributed by atoms with Gasteiger partial charge < -0.3 is 5.32 Å². The second kappa shape index (κ2) is 5.44. The van der Waals surface area contributed by atoms with Crippen LogP contribution in [0.15, 0.2) is 11.6 Å². The van der Waals surface area contributed by atoms with Crippen molar-refractivity contribution in [2.24, 2.45) is 0 Å². The second-order valence-corrected chi connectivity index (χ2v) is 5.87. The number of likely N-dealkylation sites (tertiary alicyclic amines) is 1. The molecule has 1 unspecified atom stereocenters. The first kappa shape index (κ1) is 11.6. The number of thiazole rings is 1. The summed E-state index contributed by atoms with van der Waals surface area (Å²) in [5.41, 5.74) is 0. The number of nitrogens with one attached hydrogen (secondary N) is 1. The molecule has 0 amide bonds. The van der Waals surface area contributed by atoms with E-state index in [0.29, 0.717) is 0 Å². The van der Waals surface area contributed by atoms with E-state index in [0.717, 1.165) is 25.7 Å². The number of rotatable bonds is 3. The summed E-state index contributed by atoms with van der Waals surface area (Å²) in [6, 6.07) is 0.775. The van der Waals surface area contributed by atoms with E-state index in [2.05, 4.69) is 25.5 Å². The molecule has 17 heavy (non-hydrogen) atoms. The van der Waals surface area contributed by atoms with Gasteiger partial charge in [-0.15, -0.1) is 11.3 Å². The first-order valence-electron chi connectivity index (χ1n) is 6.47. The summed E-state index contributed by atoms with van der Waals surface area (Å²) in [6.07, 6.45) is 3.23. The lowest BCUT2D eigenvalue weighted by Gasteiger charge is -2.32. The van der Waals surface area contributed by atoms with Crippen molar-refractivity contribution in [3.05, 3.63) is 16.6 Å². The van der Waals surface area contributed by atoms with E-state index in [4.69, 9.17) is 0 Å². The molecule has 0 saturated carbocycles. The van der Waals surface area contributed by atoms with Crippen LogP contribution in [0.5, 0.6) is 0 Å². The number of piperazine rings is 1. The first-order valence-corrected chi connectivity index (χ1v) is 7.35. The van der Waals surface area contributed by atoms with Crippen molar-refractivity contribution in [1.29, 1.82) is 0 Å². The summed E-state index contributed by atoms with van der Waals surface area (Å²) < 4.78 is 0. The Labute approximate surface area is 107 Å². The predicted octanol–water partition coefficient (Wildman–Crippen LogP) is 0.623. The molecule has 1 atom stereocenters. The zero-order chi connectivity index (χ0) is 11.5. The van der Waals surface area contributed by atoms with Crippen molar-refractivity contribution >= 4 is 11.3 Å². The Morgan fingerprint density at radius 1 is 1.35 bits per heavy atom. The van der Waals surface area contributed by atoms with Gasteiger partial charge in [-0.1, -0.05) is 0 Å². The molecule has 0 bridgehead atoms. The average Bonchev–Trinajstić information content (AvgIpc) is 3.02. The molecule has 2 aliphatic heterocycles. The average molecular weight is 252 g/mol. The molecule has 2 saturated heterocycles. The van der Waals surface area contributed by atoms with Crippen LogP contribution < -0.4 is 5.32 Å². The van der Waals surface area contributed by atoms with Crippen LogP contribution in [-0.2, 0) is 6.54 Å². The fourth-order valence-corrected chi connectivity index (χ4v) is 3.48. The van der Waals surface area contributed by atoms with Gasteiger partial charge in [-0.3, -0.25) is 9.80 Å². The molecular formula is C12H20N4S. The molecule has 94 valence electrons. The van der Waals surface area contributed by atoms with E-state index in [1.54, 1.807) is 11.3 Å². The summed E-state index contributed by atoms with van der Waals surface area (Å²) in [5, 5.41) is 6.75. The summed E-state index contributed by atoms with van der Waals surface area (Å²) in [7, 11) is 0.